The van der Waals surface area contributed by atoms with Gasteiger partial charge in [0, 0.05) is 0 Å². The van der Waals surface area contributed by atoms with Gasteiger partial charge in [0.2, 0.25) is 0 Å². The quantitative estimate of drug-likeness (QED) is 0.863. The molecule has 2 unspecified atom stereocenters. The topological polar surface area (TPSA) is 58.6 Å². The van der Waals surface area contributed by atoms with Crippen LogP contribution in [0.1, 0.15) is 43.7 Å². The van der Waals surface area contributed by atoms with Crippen molar-refractivity contribution in [1.29, 1.82) is 0 Å². The number of carbonyl (C=O) groups excluding carboxylic acids is 2. The second-order valence-corrected chi connectivity index (χ2v) is 7.18. The summed E-state index contributed by atoms with van der Waals surface area (Å²) in [5.41, 5.74) is 1.58. The average Bonchev–Trinajstić information content (AvgIpc) is 2.74. The van der Waals surface area contributed by atoms with Gasteiger partial charge in [-0.3, -0.25) is 9.69 Å². The molecule has 0 aromatic heterocycles. The van der Waals surface area contributed by atoms with E-state index in [9.17, 15) is 9.59 Å². The fraction of sp³-hybridized carbons (Fsp3) is 0.579. The van der Waals surface area contributed by atoms with E-state index in [1.54, 1.807) is 0 Å². The number of imide groups is 1. The number of ether oxygens (including phenoxy) is 1. The maximum Gasteiger partial charge on any atom is 0.325 e. The van der Waals surface area contributed by atoms with Gasteiger partial charge in [-0.25, -0.2) is 4.79 Å². The van der Waals surface area contributed by atoms with E-state index in [1.807, 2.05) is 26.0 Å². The van der Waals surface area contributed by atoms with Crippen LogP contribution in [-0.4, -0.2) is 35.5 Å². The standard InChI is InChI=1S/C19H26N2O3/c1-13-10-14(2)12-16(11-13)24-9-8-21-17(22)19(20-18(21)23)7-5-4-6-15(19)3/h10-12,15H,4-9H2,1-3H3,(H,20,23). The molecular formula is C19H26N2O3. The molecule has 1 aromatic rings. The highest BCUT2D eigenvalue weighted by Crippen LogP contribution is 2.38. The molecule has 2 aliphatic rings. The minimum atomic E-state index is -0.685. The number of aryl methyl sites for hydroxylation is 2. The van der Waals surface area contributed by atoms with Crippen molar-refractivity contribution >= 4 is 11.9 Å². The summed E-state index contributed by atoms with van der Waals surface area (Å²) in [5, 5.41) is 2.97. The predicted octanol–water partition coefficient (Wildman–Crippen LogP) is 3.18. The SMILES string of the molecule is Cc1cc(C)cc(OCCN2C(=O)NC3(CCCCC3C)C2=O)c1. The number of benzene rings is 1. The molecule has 1 spiro atoms. The monoisotopic (exact) mass is 330 g/mol. The molecule has 0 radical (unpaired) electrons. The average molecular weight is 330 g/mol. The van der Waals surface area contributed by atoms with Crippen LogP contribution in [0, 0.1) is 19.8 Å². The molecule has 2 atom stereocenters. The molecule has 1 aromatic carbocycles. The first kappa shape index (κ1) is 16.8. The minimum Gasteiger partial charge on any atom is -0.492 e. The van der Waals surface area contributed by atoms with E-state index in [4.69, 9.17) is 4.74 Å². The third-order valence-electron chi connectivity index (χ3n) is 5.28. The third-order valence-corrected chi connectivity index (χ3v) is 5.28. The van der Waals surface area contributed by atoms with E-state index in [1.165, 1.54) is 4.90 Å². The normalized spacial score (nSPS) is 26.8. The summed E-state index contributed by atoms with van der Waals surface area (Å²) in [6, 6.07) is 5.73. The summed E-state index contributed by atoms with van der Waals surface area (Å²) < 4.78 is 5.75. The predicted molar refractivity (Wildman–Crippen MR) is 92.0 cm³/mol. The highest BCUT2D eigenvalue weighted by molar-refractivity contribution is 6.07. The van der Waals surface area contributed by atoms with Gasteiger partial charge in [-0.2, -0.15) is 0 Å². The zero-order valence-electron chi connectivity index (χ0n) is 14.7. The zero-order chi connectivity index (χ0) is 17.3. The van der Waals surface area contributed by atoms with Crippen molar-refractivity contribution < 1.29 is 14.3 Å². The van der Waals surface area contributed by atoms with Crippen LogP contribution >= 0.6 is 0 Å². The van der Waals surface area contributed by atoms with E-state index in [-0.39, 0.29) is 24.4 Å². The molecule has 1 heterocycles. The third kappa shape index (κ3) is 2.99. The van der Waals surface area contributed by atoms with Crippen molar-refractivity contribution in [2.75, 3.05) is 13.2 Å². The molecule has 1 aliphatic heterocycles. The maximum absolute atomic E-state index is 12.8. The van der Waals surface area contributed by atoms with Crippen molar-refractivity contribution in [1.82, 2.24) is 10.2 Å². The van der Waals surface area contributed by atoms with Crippen LogP contribution in [0.2, 0.25) is 0 Å². The lowest BCUT2D eigenvalue weighted by Crippen LogP contribution is -2.54. The van der Waals surface area contributed by atoms with Crippen LogP contribution in [0.15, 0.2) is 18.2 Å². The highest BCUT2D eigenvalue weighted by atomic mass is 16.5. The van der Waals surface area contributed by atoms with Crippen LogP contribution in [0.3, 0.4) is 0 Å². The summed E-state index contributed by atoms with van der Waals surface area (Å²) in [4.78, 5) is 26.5. The van der Waals surface area contributed by atoms with Crippen LogP contribution in [-0.2, 0) is 4.79 Å². The minimum absolute atomic E-state index is 0.0799. The van der Waals surface area contributed by atoms with Crippen LogP contribution < -0.4 is 10.1 Å². The number of nitrogens with zero attached hydrogens (tertiary/aromatic N) is 1. The number of hydrogen-bond donors (Lipinski definition) is 1. The van der Waals surface area contributed by atoms with Gasteiger partial charge in [-0.05, 0) is 55.9 Å². The molecule has 0 bridgehead atoms. The molecule has 2 fully saturated rings. The summed E-state index contributed by atoms with van der Waals surface area (Å²) >= 11 is 0. The summed E-state index contributed by atoms with van der Waals surface area (Å²) in [7, 11) is 0. The van der Waals surface area contributed by atoms with E-state index in [2.05, 4.69) is 18.3 Å². The Bertz CT molecular complexity index is 638. The van der Waals surface area contributed by atoms with Gasteiger partial charge in [0.15, 0.2) is 0 Å². The number of hydrogen-bond acceptors (Lipinski definition) is 3. The fourth-order valence-electron chi connectivity index (χ4n) is 3.97. The van der Waals surface area contributed by atoms with Crippen LogP contribution in [0.4, 0.5) is 4.79 Å². The molecule has 3 rings (SSSR count). The van der Waals surface area contributed by atoms with Crippen molar-refractivity contribution in [3.05, 3.63) is 29.3 Å². The smallest absolute Gasteiger partial charge is 0.325 e. The van der Waals surface area contributed by atoms with Crippen molar-refractivity contribution in [3.8, 4) is 5.75 Å². The van der Waals surface area contributed by atoms with Crippen molar-refractivity contribution in [2.24, 2.45) is 5.92 Å². The van der Waals surface area contributed by atoms with Crippen molar-refractivity contribution in [2.45, 2.75) is 52.0 Å². The largest absolute Gasteiger partial charge is 0.492 e. The maximum atomic E-state index is 12.8. The molecule has 3 amide bonds. The Morgan fingerprint density at radius 2 is 1.92 bits per heavy atom. The van der Waals surface area contributed by atoms with Crippen LogP contribution in [0.5, 0.6) is 5.75 Å². The van der Waals surface area contributed by atoms with Gasteiger partial charge in [-0.15, -0.1) is 0 Å². The van der Waals surface area contributed by atoms with E-state index >= 15 is 0 Å². The molecule has 5 heteroatoms. The van der Waals surface area contributed by atoms with E-state index < -0.39 is 5.54 Å². The Labute approximate surface area is 143 Å². The first-order valence-corrected chi connectivity index (χ1v) is 8.77. The Morgan fingerprint density at radius 3 is 2.58 bits per heavy atom. The van der Waals surface area contributed by atoms with Crippen LogP contribution in [0.25, 0.3) is 0 Å². The summed E-state index contributed by atoms with van der Waals surface area (Å²) in [5.74, 6) is 0.886. The Balaban J connectivity index is 1.63. The van der Waals surface area contributed by atoms with E-state index in [0.717, 1.165) is 42.6 Å². The first-order valence-electron chi connectivity index (χ1n) is 8.77. The lowest BCUT2D eigenvalue weighted by Gasteiger charge is -2.36. The molecule has 1 saturated carbocycles. The first-order chi connectivity index (χ1) is 11.4. The molecule has 5 nitrogen and oxygen atoms in total. The lowest BCUT2D eigenvalue weighted by molar-refractivity contribution is -0.134. The van der Waals surface area contributed by atoms with Crippen molar-refractivity contribution in [3.63, 3.8) is 0 Å². The van der Waals surface area contributed by atoms with Gasteiger partial charge in [0.25, 0.3) is 5.91 Å². The zero-order valence-corrected chi connectivity index (χ0v) is 14.7. The van der Waals surface area contributed by atoms with Gasteiger partial charge in [0.05, 0.1) is 6.54 Å². The molecule has 1 saturated heterocycles. The number of carbonyl (C=O) groups is 2. The molecule has 1 aliphatic carbocycles. The van der Waals surface area contributed by atoms with Gasteiger partial charge in [0.1, 0.15) is 17.9 Å². The summed E-state index contributed by atoms with van der Waals surface area (Å²) in [6.45, 7) is 6.70. The van der Waals surface area contributed by atoms with E-state index in [0.29, 0.717) is 6.61 Å². The molecule has 1 N–H and O–H groups in total. The molecule has 130 valence electrons. The van der Waals surface area contributed by atoms with Gasteiger partial charge >= 0.3 is 6.03 Å². The number of rotatable bonds is 4. The number of nitrogens with one attached hydrogen (secondary N) is 1. The van der Waals surface area contributed by atoms with Gasteiger partial charge < -0.3 is 10.1 Å². The second kappa shape index (κ2) is 6.46. The Kier molecular flexibility index (Phi) is 4.52. The molecular weight excluding hydrogens is 304 g/mol. The highest BCUT2D eigenvalue weighted by Gasteiger charge is 2.54. The summed E-state index contributed by atoms with van der Waals surface area (Å²) in [6.07, 6.45) is 3.84. The Hall–Kier alpha value is -2.04. The molecule has 24 heavy (non-hydrogen) atoms. The fourth-order valence-corrected chi connectivity index (χ4v) is 3.97. The number of urea groups is 1. The Morgan fingerprint density at radius 1 is 1.21 bits per heavy atom. The van der Waals surface area contributed by atoms with Gasteiger partial charge in [-0.1, -0.05) is 25.8 Å². The second-order valence-electron chi connectivity index (χ2n) is 7.18. The lowest BCUT2D eigenvalue weighted by atomic mass is 9.73. The number of amides is 3.